The van der Waals surface area contributed by atoms with E-state index < -0.39 is 0 Å². The van der Waals surface area contributed by atoms with E-state index in [2.05, 4.69) is 5.32 Å². The first kappa shape index (κ1) is 14.7. The first-order valence-corrected chi connectivity index (χ1v) is 6.94. The van der Waals surface area contributed by atoms with Crippen molar-refractivity contribution in [2.75, 3.05) is 20.3 Å². The summed E-state index contributed by atoms with van der Waals surface area (Å²) in [6.07, 6.45) is 2.06. The number of hydrogen-bond donors (Lipinski definition) is 2. The fourth-order valence-electron chi connectivity index (χ4n) is 2.21. The number of methoxy groups -OCH3 is 1. The van der Waals surface area contributed by atoms with Crippen molar-refractivity contribution in [2.24, 2.45) is 0 Å². The van der Waals surface area contributed by atoms with E-state index in [0.717, 1.165) is 29.7 Å². The summed E-state index contributed by atoms with van der Waals surface area (Å²) in [7, 11) is 1.63. The lowest BCUT2D eigenvalue weighted by atomic mass is 10.1. The Bertz CT molecular complexity index is 472. The zero-order valence-electron chi connectivity index (χ0n) is 12.1. The maximum atomic E-state index is 12.1. The molecule has 1 aromatic carbocycles. The van der Waals surface area contributed by atoms with Crippen LogP contribution in [-0.4, -0.2) is 42.3 Å². The summed E-state index contributed by atoms with van der Waals surface area (Å²) in [5.74, 6) is 0.783. The number of nitrogens with zero attached hydrogens (tertiary/aromatic N) is 1. The summed E-state index contributed by atoms with van der Waals surface area (Å²) in [6, 6.07) is 6.08. The third-order valence-electron chi connectivity index (χ3n) is 3.46. The van der Waals surface area contributed by atoms with Gasteiger partial charge in [-0.2, -0.15) is 0 Å². The number of carbonyl (C=O) groups excluding carboxylic acids is 1. The van der Waals surface area contributed by atoms with Crippen molar-refractivity contribution in [1.82, 2.24) is 10.2 Å². The highest BCUT2D eigenvalue weighted by Crippen LogP contribution is 2.26. The van der Waals surface area contributed by atoms with Gasteiger partial charge in [0.15, 0.2) is 0 Å². The predicted molar refractivity (Wildman–Crippen MR) is 76.8 cm³/mol. The van der Waals surface area contributed by atoms with Crippen molar-refractivity contribution in [3.8, 4) is 5.75 Å². The van der Waals surface area contributed by atoms with Crippen LogP contribution in [0.25, 0.3) is 0 Å². The Hall–Kier alpha value is -1.75. The number of aliphatic hydroxyl groups is 1. The molecule has 1 saturated carbocycles. The standard InChI is InChI=1S/C15H22N2O3/c1-11-3-4-12(14(9-11)20-2)10-16-15(19)17(7-8-18)13-5-6-13/h3-4,9,13,18H,5-8,10H2,1-2H3,(H,16,19). The first-order chi connectivity index (χ1) is 9.65. The molecule has 0 heterocycles. The molecule has 2 rings (SSSR count). The zero-order valence-corrected chi connectivity index (χ0v) is 12.1. The van der Waals surface area contributed by atoms with E-state index in [1.165, 1.54) is 0 Å². The van der Waals surface area contributed by atoms with Crippen molar-refractivity contribution >= 4 is 6.03 Å². The monoisotopic (exact) mass is 278 g/mol. The molecule has 2 N–H and O–H groups in total. The predicted octanol–water partition coefficient (Wildman–Crippen LogP) is 1.67. The molecule has 0 saturated heterocycles. The van der Waals surface area contributed by atoms with E-state index >= 15 is 0 Å². The highest BCUT2D eigenvalue weighted by atomic mass is 16.5. The lowest BCUT2D eigenvalue weighted by molar-refractivity contribution is 0.173. The lowest BCUT2D eigenvalue weighted by Crippen LogP contribution is -2.42. The summed E-state index contributed by atoms with van der Waals surface area (Å²) in [5.41, 5.74) is 2.07. The molecule has 0 spiro atoms. The van der Waals surface area contributed by atoms with E-state index in [-0.39, 0.29) is 12.6 Å². The largest absolute Gasteiger partial charge is 0.496 e. The Labute approximate surface area is 119 Å². The molecule has 1 fully saturated rings. The maximum Gasteiger partial charge on any atom is 0.317 e. The van der Waals surface area contributed by atoms with Crippen molar-refractivity contribution in [3.05, 3.63) is 29.3 Å². The summed E-state index contributed by atoms with van der Waals surface area (Å²) < 4.78 is 5.32. The number of aryl methyl sites for hydroxylation is 1. The minimum Gasteiger partial charge on any atom is -0.496 e. The van der Waals surface area contributed by atoms with E-state index in [9.17, 15) is 4.79 Å². The van der Waals surface area contributed by atoms with Crippen LogP contribution in [0.3, 0.4) is 0 Å². The van der Waals surface area contributed by atoms with E-state index in [4.69, 9.17) is 9.84 Å². The molecule has 110 valence electrons. The molecule has 0 radical (unpaired) electrons. The van der Waals surface area contributed by atoms with Gasteiger partial charge in [0.25, 0.3) is 0 Å². The molecule has 5 nitrogen and oxygen atoms in total. The van der Waals surface area contributed by atoms with Gasteiger partial charge in [0.1, 0.15) is 5.75 Å². The van der Waals surface area contributed by atoms with Gasteiger partial charge in [-0.15, -0.1) is 0 Å². The van der Waals surface area contributed by atoms with Crippen molar-refractivity contribution in [3.63, 3.8) is 0 Å². The van der Waals surface area contributed by atoms with E-state index in [1.807, 2.05) is 25.1 Å². The van der Waals surface area contributed by atoms with Crippen molar-refractivity contribution in [1.29, 1.82) is 0 Å². The van der Waals surface area contributed by atoms with Crippen LogP contribution < -0.4 is 10.1 Å². The SMILES string of the molecule is COc1cc(C)ccc1CNC(=O)N(CCO)C1CC1. The second-order valence-corrected chi connectivity index (χ2v) is 5.12. The molecule has 20 heavy (non-hydrogen) atoms. The van der Waals surface area contributed by atoms with Gasteiger partial charge in [-0.3, -0.25) is 0 Å². The molecular weight excluding hydrogens is 256 g/mol. The van der Waals surface area contributed by atoms with Crippen LogP contribution in [0.5, 0.6) is 5.75 Å². The van der Waals surface area contributed by atoms with Gasteiger partial charge in [-0.05, 0) is 31.4 Å². The molecule has 0 aromatic heterocycles. The van der Waals surface area contributed by atoms with Gasteiger partial charge in [-0.25, -0.2) is 4.79 Å². The summed E-state index contributed by atoms with van der Waals surface area (Å²) in [6.45, 7) is 2.82. The number of benzene rings is 1. The van der Waals surface area contributed by atoms with Crippen molar-refractivity contribution < 1.29 is 14.6 Å². The number of amides is 2. The number of ether oxygens (including phenoxy) is 1. The molecule has 1 aliphatic rings. The van der Waals surface area contributed by atoms with Gasteiger partial charge >= 0.3 is 6.03 Å². The highest BCUT2D eigenvalue weighted by molar-refractivity contribution is 5.75. The average Bonchev–Trinajstić information content (AvgIpc) is 3.27. The second-order valence-electron chi connectivity index (χ2n) is 5.12. The first-order valence-electron chi connectivity index (χ1n) is 6.94. The molecular formula is C15H22N2O3. The van der Waals surface area contributed by atoms with Gasteiger partial charge in [0.05, 0.1) is 13.7 Å². The normalized spacial score (nSPS) is 13.9. The Balaban J connectivity index is 1.95. The lowest BCUT2D eigenvalue weighted by Gasteiger charge is -2.22. The fraction of sp³-hybridized carbons (Fsp3) is 0.533. The Kier molecular flexibility index (Phi) is 4.84. The third-order valence-corrected chi connectivity index (χ3v) is 3.46. The van der Waals surface area contributed by atoms with Crippen LogP contribution in [0.1, 0.15) is 24.0 Å². The van der Waals surface area contributed by atoms with E-state index in [0.29, 0.717) is 19.1 Å². The molecule has 5 heteroatoms. The average molecular weight is 278 g/mol. The van der Waals surface area contributed by atoms with Gasteiger partial charge in [-0.1, -0.05) is 12.1 Å². The van der Waals surface area contributed by atoms with Crippen molar-refractivity contribution in [2.45, 2.75) is 32.4 Å². The molecule has 0 aliphatic heterocycles. The van der Waals surface area contributed by atoms with Crippen LogP contribution in [0.4, 0.5) is 4.79 Å². The number of hydrogen-bond acceptors (Lipinski definition) is 3. The quantitative estimate of drug-likeness (QED) is 0.832. The summed E-state index contributed by atoms with van der Waals surface area (Å²) >= 11 is 0. The Morgan fingerprint density at radius 2 is 2.25 bits per heavy atom. The summed E-state index contributed by atoms with van der Waals surface area (Å²) in [4.78, 5) is 13.8. The molecule has 1 aromatic rings. The van der Waals surface area contributed by atoms with Crippen LogP contribution in [0.15, 0.2) is 18.2 Å². The molecule has 0 unspecified atom stereocenters. The highest BCUT2D eigenvalue weighted by Gasteiger charge is 2.31. The minimum atomic E-state index is -0.121. The maximum absolute atomic E-state index is 12.1. The van der Waals surface area contributed by atoms with Crippen LogP contribution in [0.2, 0.25) is 0 Å². The number of aliphatic hydroxyl groups excluding tert-OH is 1. The molecule has 0 atom stereocenters. The molecule has 0 bridgehead atoms. The number of nitrogens with one attached hydrogen (secondary N) is 1. The number of urea groups is 1. The topological polar surface area (TPSA) is 61.8 Å². The van der Waals surface area contributed by atoms with Crippen LogP contribution >= 0.6 is 0 Å². The van der Waals surface area contributed by atoms with Crippen LogP contribution in [0, 0.1) is 6.92 Å². The number of rotatable bonds is 6. The van der Waals surface area contributed by atoms with Gasteiger partial charge in [0.2, 0.25) is 0 Å². The van der Waals surface area contributed by atoms with Gasteiger partial charge in [0, 0.05) is 24.7 Å². The van der Waals surface area contributed by atoms with Crippen LogP contribution in [-0.2, 0) is 6.54 Å². The van der Waals surface area contributed by atoms with Gasteiger partial charge < -0.3 is 20.1 Å². The zero-order chi connectivity index (χ0) is 14.5. The smallest absolute Gasteiger partial charge is 0.317 e. The minimum absolute atomic E-state index is 0.00221. The Morgan fingerprint density at radius 1 is 1.50 bits per heavy atom. The van der Waals surface area contributed by atoms with E-state index in [1.54, 1.807) is 12.0 Å². The third kappa shape index (κ3) is 3.63. The number of carbonyl (C=O) groups is 1. The molecule has 1 aliphatic carbocycles. The second kappa shape index (κ2) is 6.61. The Morgan fingerprint density at radius 3 is 2.85 bits per heavy atom. The summed E-state index contributed by atoms with van der Waals surface area (Å²) in [5, 5.41) is 11.9. The fourth-order valence-corrected chi connectivity index (χ4v) is 2.21. The molecule has 2 amide bonds.